The van der Waals surface area contributed by atoms with E-state index in [1.165, 1.54) is 0 Å². The molecule has 0 bridgehead atoms. The average Bonchev–Trinajstić information content (AvgIpc) is 2.87. The highest BCUT2D eigenvalue weighted by molar-refractivity contribution is 6.30. The zero-order valence-corrected chi connectivity index (χ0v) is 13.5. The van der Waals surface area contributed by atoms with E-state index >= 15 is 0 Å². The molecule has 1 aliphatic heterocycles. The van der Waals surface area contributed by atoms with Gasteiger partial charge in [0.25, 0.3) is 5.91 Å². The molecule has 120 valence electrons. The van der Waals surface area contributed by atoms with Gasteiger partial charge in [-0.25, -0.2) is 0 Å². The van der Waals surface area contributed by atoms with Gasteiger partial charge < -0.3 is 14.7 Å². The molecule has 0 radical (unpaired) electrons. The number of carboxylic acids is 1. The highest BCUT2D eigenvalue weighted by Crippen LogP contribution is 2.27. The molecule has 6 heteroatoms. The normalized spacial score (nSPS) is 18.3. The first-order valence-corrected chi connectivity index (χ1v) is 7.65. The number of carbonyl (C=O) groups is 2. The van der Waals surface area contributed by atoms with Crippen LogP contribution in [-0.2, 0) is 9.59 Å². The van der Waals surface area contributed by atoms with Crippen molar-refractivity contribution in [1.82, 2.24) is 4.90 Å². The summed E-state index contributed by atoms with van der Waals surface area (Å²) >= 11 is 5.83. The number of aliphatic carboxylic acids is 1. The Morgan fingerprint density at radius 1 is 1.36 bits per heavy atom. The van der Waals surface area contributed by atoms with Crippen molar-refractivity contribution in [3.05, 3.63) is 29.3 Å². The molecule has 22 heavy (non-hydrogen) atoms. The molecular weight excluding hydrogens is 306 g/mol. The number of nitrogens with zero attached hydrogens (tertiary/aromatic N) is 1. The summed E-state index contributed by atoms with van der Waals surface area (Å²) in [6.45, 7) is 3.96. The number of likely N-dealkylation sites (tertiary alicyclic amines) is 1. The summed E-state index contributed by atoms with van der Waals surface area (Å²) in [7, 11) is 0. The molecule has 0 saturated carbocycles. The Kier molecular flexibility index (Phi) is 4.96. The minimum atomic E-state index is -1.06. The third-order valence-corrected chi connectivity index (χ3v) is 4.00. The number of carboxylic acid groups (broad SMARTS) is 1. The van der Waals surface area contributed by atoms with Crippen molar-refractivity contribution >= 4 is 23.5 Å². The molecule has 0 spiro atoms. The number of carbonyl (C=O) groups excluding carboxylic acids is 1. The Bertz CT molecular complexity index is 556. The number of hydrogen-bond acceptors (Lipinski definition) is 3. The second-order valence-electron chi connectivity index (χ2n) is 5.96. The SMILES string of the molecule is CC(C)(Oc1ccc(Cl)cc1)C(=O)N1CCCC1CC(=O)O. The van der Waals surface area contributed by atoms with E-state index in [9.17, 15) is 9.59 Å². The molecule has 5 nitrogen and oxygen atoms in total. The lowest BCUT2D eigenvalue weighted by Crippen LogP contribution is -2.50. The minimum absolute atomic E-state index is 0.0250. The first-order valence-electron chi connectivity index (χ1n) is 7.27. The second-order valence-corrected chi connectivity index (χ2v) is 6.40. The second kappa shape index (κ2) is 6.57. The van der Waals surface area contributed by atoms with Crippen molar-refractivity contribution < 1.29 is 19.4 Å². The Morgan fingerprint density at radius 2 is 2.00 bits per heavy atom. The summed E-state index contributed by atoms with van der Waals surface area (Å²) in [5, 5.41) is 9.55. The largest absolute Gasteiger partial charge is 0.481 e. The summed E-state index contributed by atoms with van der Waals surface area (Å²) in [6, 6.07) is 6.55. The minimum Gasteiger partial charge on any atom is -0.481 e. The molecule has 1 aliphatic rings. The molecule has 1 N–H and O–H groups in total. The molecule has 1 amide bonds. The van der Waals surface area contributed by atoms with Gasteiger partial charge in [0.2, 0.25) is 0 Å². The fourth-order valence-corrected chi connectivity index (χ4v) is 2.83. The van der Waals surface area contributed by atoms with Gasteiger partial charge in [0, 0.05) is 17.6 Å². The van der Waals surface area contributed by atoms with Crippen LogP contribution in [-0.4, -0.2) is 40.1 Å². The van der Waals surface area contributed by atoms with Crippen LogP contribution in [0.2, 0.25) is 5.02 Å². The Hall–Kier alpha value is -1.75. The van der Waals surface area contributed by atoms with Crippen LogP contribution in [0.1, 0.15) is 33.1 Å². The maximum absolute atomic E-state index is 12.7. The Labute approximate surface area is 134 Å². The van der Waals surface area contributed by atoms with Crippen LogP contribution in [0.5, 0.6) is 5.75 Å². The smallest absolute Gasteiger partial charge is 0.305 e. The molecule has 1 saturated heterocycles. The van der Waals surface area contributed by atoms with Crippen molar-refractivity contribution in [2.24, 2.45) is 0 Å². The van der Waals surface area contributed by atoms with Gasteiger partial charge in [0.1, 0.15) is 5.75 Å². The van der Waals surface area contributed by atoms with Crippen LogP contribution in [0.3, 0.4) is 0 Å². The fourth-order valence-electron chi connectivity index (χ4n) is 2.70. The third-order valence-electron chi connectivity index (χ3n) is 3.75. The Balaban J connectivity index is 2.08. The molecule has 0 aromatic heterocycles. The molecule has 1 aromatic carbocycles. The van der Waals surface area contributed by atoms with E-state index in [4.69, 9.17) is 21.4 Å². The molecule has 1 fully saturated rings. The zero-order chi connectivity index (χ0) is 16.3. The summed E-state index contributed by atoms with van der Waals surface area (Å²) in [4.78, 5) is 25.3. The highest BCUT2D eigenvalue weighted by Gasteiger charge is 2.40. The van der Waals surface area contributed by atoms with Gasteiger partial charge in [-0.15, -0.1) is 0 Å². The van der Waals surface area contributed by atoms with Crippen LogP contribution in [0.4, 0.5) is 0 Å². The van der Waals surface area contributed by atoms with Crippen LogP contribution >= 0.6 is 11.6 Å². The van der Waals surface area contributed by atoms with E-state index in [0.717, 1.165) is 12.8 Å². The van der Waals surface area contributed by atoms with Gasteiger partial charge in [-0.2, -0.15) is 0 Å². The van der Waals surface area contributed by atoms with Gasteiger partial charge in [-0.05, 0) is 51.0 Å². The standard InChI is InChI=1S/C16H20ClNO4/c1-16(2,22-13-7-5-11(17)6-8-13)15(21)18-9-3-4-12(18)10-14(19)20/h5-8,12H,3-4,9-10H2,1-2H3,(H,19,20). The summed E-state index contributed by atoms with van der Waals surface area (Å²) in [5.74, 6) is -0.524. The topological polar surface area (TPSA) is 66.8 Å². The summed E-state index contributed by atoms with van der Waals surface area (Å²) in [5.41, 5.74) is -1.06. The molecule has 2 rings (SSSR count). The van der Waals surface area contributed by atoms with Crippen LogP contribution in [0.25, 0.3) is 0 Å². The van der Waals surface area contributed by atoms with E-state index in [2.05, 4.69) is 0 Å². The maximum Gasteiger partial charge on any atom is 0.305 e. The van der Waals surface area contributed by atoms with Gasteiger partial charge in [0.15, 0.2) is 5.60 Å². The molecule has 1 unspecified atom stereocenters. The van der Waals surface area contributed by atoms with Crippen molar-refractivity contribution in [3.8, 4) is 5.75 Å². The number of halogens is 1. The maximum atomic E-state index is 12.7. The van der Waals surface area contributed by atoms with Gasteiger partial charge >= 0.3 is 5.97 Å². The lowest BCUT2D eigenvalue weighted by molar-refractivity contribution is -0.148. The van der Waals surface area contributed by atoms with Gasteiger partial charge in [-0.3, -0.25) is 9.59 Å². The van der Waals surface area contributed by atoms with E-state index in [1.807, 2.05) is 0 Å². The van der Waals surface area contributed by atoms with Crippen LogP contribution in [0.15, 0.2) is 24.3 Å². The lowest BCUT2D eigenvalue weighted by Gasteiger charge is -2.33. The quantitative estimate of drug-likeness (QED) is 0.903. The fraction of sp³-hybridized carbons (Fsp3) is 0.500. The third kappa shape index (κ3) is 3.91. The van der Waals surface area contributed by atoms with Crippen molar-refractivity contribution in [2.75, 3.05) is 6.54 Å². The molecule has 1 atom stereocenters. The van der Waals surface area contributed by atoms with Crippen LogP contribution < -0.4 is 4.74 Å². The van der Waals surface area contributed by atoms with E-state index in [1.54, 1.807) is 43.0 Å². The lowest BCUT2D eigenvalue weighted by atomic mass is 10.1. The highest BCUT2D eigenvalue weighted by atomic mass is 35.5. The van der Waals surface area contributed by atoms with Crippen molar-refractivity contribution in [3.63, 3.8) is 0 Å². The number of hydrogen-bond donors (Lipinski definition) is 1. The number of benzene rings is 1. The molecule has 0 aliphatic carbocycles. The van der Waals surface area contributed by atoms with E-state index in [0.29, 0.717) is 17.3 Å². The first-order chi connectivity index (χ1) is 10.3. The Morgan fingerprint density at radius 3 is 2.59 bits per heavy atom. The monoisotopic (exact) mass is 325 g/mol. The molecule has 1 aromatic rings. The predicted octanol–water partition coefficient (Wildman–Crippen LogP) is 2.96. The predicted molar refractivity (Wildman–Crippen MR) is 83.1 cm³/mol. The van der Waals surface area contributed by atoms with Crippen LogP contribution in [0, 0.1) is 0 Å². The van der Waals surface area contributed by atoms with Crippen molar-refractivity contribution in [2.45, 2.75) is 44.8 Å². The summed E-state index contributed by atoms with van der Waals surface area (Å²) in [6.07, 6.45) is 1.51. The summed E-state index contributed by atoms with van der Waals surface area (Å²) < 4.78 is 5.79. The van der Waals surface area contributed by atoms with E-state index in [-0.39, 0.29) is 18.4 Å². The number of amides is 1. The van der Waals surface area contributed by atoms with E-state index < -0.39 is 11.6 Å². The molecule has 1 heterocycles. The van der Waals surface area contributed by atoms with Gasteiger partial charge in [-0.1, -0.05) is 11.6 Å². The molecular formula is C16H20ClNO4. The van der Waals surface area contributed by atoms with Crippen molar-refractivity contribution in [1.29, 1.82) is 0 Å². The average molecular weight is 326 g/mol. The zero-order valence-electron chi connectivity index (χ0n) is 12.7. The van der Waals surface area contributed by atoms with Gasteiger partial charge in [0.05, 0.1) is 6.42 Å². The number of ether oxygens (including phenoxy) is 1. The number of rotatable bonds is 5. The first kappa shape index (κ1) is 16.6.